The number of nitrogens with zero attached hydrogens (tertiary/aromatic N) is 2. The van der Waals surface area contributed by atoms with Crippen LogP contribution in [0.4, 0.5) is 4.79 Å². The number of carboxylic acids is 1. The van der Waals surface area contributed by atoms with E-state index >= 15 is 0 Å². The largest absolute Gasteiger partial charge is 0.497 e. The van der Waals surface area contributed by atoms with Gasteiger partial charge in [-0.1, -0.05) is 12.1 Å². The summed E-state index contributed by atoms with van der Waals surface area (Å²) in [6, 6.07) is 10.3. The van der Waals surface area contributed by atoms with Gasteiger partial charge >= 0.3 is 12.0 Å². The highest BCUT2D eigenvalue weighted by molar-refractivity contribution is 5.75. The zero-order valence-electron chi connectivity index (χ0n) is 14.6. The van der Waals surface area contributed by atoms with Crippen LogP contribution in [0.2, 0.25) is 0 Å². The van der Waals surface area contributed by atoms with Crippen LogP contribution in [-0.2, 0) is 11.3 Å². The summed E-state index contributed by atoms with van der Waals surface area (Å²) < 4.78 is 10.8. The third kappa shape index (κ3) is 5.97. The molecule has 8 heteroatoms. The van der Waals surface area contributed by atoms with E-state index in [0.29, 0.717) is 17.4 Å². The number of amides is 2. The molecule has 0 unspecified atom stereocenters. The zero-order valence-corrected chi connectivity index (χ0v) is 14.6. The van der Waals surface area contributed by atoms with Crippen molar-refractivity contribution >= 4 is 12.0 Å². The lowest BCUT2D eigenvalue weighted by Gasteiger charge is -2.16. The fraction of sp³-hybridized carbons (Fsp3) is 0.278. The smallest absolute Gasteiger partial charge is 0.317 e. The predicted octanol–water partition coefficient (Wildman–Crippen LogP) is 2.50. The Balaban J connectivity index is 1.85. The summed E-state index contributed by atoms with van der Waals surface area (Å²) in [6.07, 6.45) is 1.51. The van der Waals surface area contributed by atoms with Crippen molar-refractivity contribution in [1.29, 1.82) is 0 Å². The second-order valence-electron chi connectivity index (χ2n) is 5.51. The van der Waals surface area contributed by atoms with E-state index in [0.717, 1.165) is 5.56 Å². The maximum absolute atomic E-state index is 11.9. The van der Waals surface area contributed by atoms with Crippen molar-refractivity contribution in [3.63, 3.8) is 0 Å². The first-order valence-electron chi connectivity index (χ1n) is 7.95. The van der Waals surface area contributed by atoms with Crippen molar-refractivity contribution < 1.29 is 24.2 Å². The van der Waals surface area contributed by atoms with Gasteiger partial charge in [0.15, 0.2) is 0 Å². The van der Waals surface area contributed by atoms with E-state index in [-0.39, 0.29) is 25.5 Å². The number of aromatic nitrogens is 1. The fourth-order valence-electron chi connectivity index (χ4n) is 2.04. The molecule has 0 aliphatic rings. The van der Waals surface area contributed by atoms with Gasteiger partial charge in [0.2, 0.25) is 5.88 Å². The maximum Gasteiger partial charge on any atom is 0.317 e. The van der Waals surface area contributed by atoms with E-state index in [4.69, 9.17) is 14.6 Å². The molecule has 0 aliphatic heterocycles. The Morgan fingerprint density at radius 2 is 2.00 bits per heavy atom. The van der Waals surface area contributed by atoms with Gasteiger partial charge in [-0.05, 0) is 17.7 Å². The van der Waals surface area contributed by atoms with Crippen molar-refractivity contribution in [2.45, 2.75) is 13.0 Å². The van der Waals surface area contributed by atoms with Gasteiger partial charge in [0.05, 0.1) is 13.5 Å². The molecular formula is C18H21N3O5. The lowest BCUT2D eigenvalue weighted by atomic mass is 10.3. The highest BCUT2D eigenvalue weighted by Gasteiger charge is 2.10. The summed E-state index contributed by atoms with van der Waals surface area (Å²) >= 11 is 0. The molecule has 8 nitrogen and oxygen atoms in total. The van der Waals surface area contributed by atoms with Gasteiger partial charge in [0.25, 0.3) is 0 Å². The molecule has 2 rings (SSSR count). The highest BCUT2D eigenvalue weighted by atomic mass is 16.5. The second kappa shape index (κ2) is 9.26. The summed E-state index contributed by atoms with van der Waals surface area (Å²) in [7, 11) is 3.13. The average molecular weight is 359 g/mol. The summed E-state index contributed by atoms with van der Waals surface area (Å²) in [5, 5.41) is 11.3. The molecule has 26 heavy (non-hydrogen) atoms. The van der Waals surface area contributed by atoms with E-state index in [9.17, 15) is 9.59 Å². The molecule has 0 fully saturated rings. The quantitative estimate of drug-likeness (QED) is 0.751. The van der Waals surface area contributed by atoms with Gasteiger partial charge in [-0.3, -0.25) is 4.79 Å². The number of carbonyl (C=O) groups excluding carboxylic acids is 1. The number of hydrogen-bond donors (Lipinski definition) is 2. The molecule has 0 aliphatic carbocycles. The maximum atomic E-state index is 11.9. The summed E-state index contributed by atoms with van der Waals surface area (Å²) in [6.45, 7) is 0.426. The van der Waals surface area contributed by atoms with Crippen LogP contribution in [0.5, 0.6) is 17.4 Å². The van der Waals surface area contributed by atoms with Crippen molar-refractivity contribution in [1.82, 2.24) is 15.2 Å². The van der Waals surface area contributed by atoms with Crippen molar-refractivity contribution in [2.24, 2.45) is 0 Å². The zero-order chi connectivity index (χ0) is 18.9. The van der Waals surface area contributed by atoms with E-state index in [1.165, 1.54) is 4.90 Å². The summed E-state index contributed by atoms with van der Waals surface area (Å²) in [5.41, 5.74) is 0.794. The van der Waals surface area contributed by atoms with Gasteiger partial charge in [-0.25, -0.2) is 9.78 Å². The standard InChI is InChI=1S/C18H21N3O5/c1-21(9-8-17(22)23)18(24)20-12-13-6-7-16(19-11-13)26-15-5-3-4-14(10-15)25-2/h3-7,10-11H,8-9,12H2,1-2H3,(H,20,24)(H,22,23). The molecule has 0 bridgehead atoms. The summed E-state index contributed by atoms with van der Waals surface area (Å²) in [5.74, 6) is 0.777. The number of nitrogens with one attached hydrogen (secondary N) is 1. The molecule has 2 aromatic rings. The van der Waals surface area contributed by atoms with E-state index in [1.807, 2.05) is 12.1 Å². The Kier molecular flexibility index (Phi) is 6.78. The Labute approximate surface area is 151 Å². The average Bonchev–Trinajstić information content (AvgIpc) is 2.65. The molecule has 1 aromatic carbocycles. The SMILES string of the molecule is COc1cccc(Oc2ccc(CNC(=O)N(C)CCC(=O)O)cn2)c1. The Morgan fingerprint density at radius 3 is 2.65 bits per heavy atom. The lowest BCUT2D eigenvalue weighted by Crippen LogP contribution is -2.37. The van der Waals surface area contributed by atoms with Crippen LogP contribution in [0, 0.1) is 0 Å². The fourth-order valence-corrected chi connectivity index (χ4v) is 2.04. The van der Waals surface area contributed by atoms with Crippen LogP contribution in [0.25, 0.3) is 0 Å². The molecular weight excluding hydrogens is 338 g/mol. The molecule has 2 amide bonds. The number of benzene rings is 1. The molecule has 2 N–H and O–H groups in total. The van der Waals surface area contributed by atoms with Gasteiger partial charge in [-0.2, -0.15) is 0 Å². The number of hydrogen-bond acceptors (Lipinski definition) is 5. The number of rotatable bonds is 8. The molecule has 138 valence electrons. The molecule has 0 saturated carbocycles. The van der Waals surface area contributed by atoms with Crippen LogP contribution < -0.4 is 14.8 Å². The van der Waals surface area contributed by atoms with Gasteiger partial charge < -0.3 is 24.8 Å². The van der Waals surface area contributed by atoms with Gasteiger partial charge in [-0.15, -0.1) is 0 Å². The van der Waals surface area contributed by atoms with Gasteiger partial charge in [0.1, 0.15) is 11.5 Å². The minimum absolute atomic E-state index is 0.0955. The first-order valence-corrected chi connectivity index (χ1v) is 7.95. The Bertz CT molecular complexity index is 749. The minimum atomic E-state index is -0.944. The first kappa shape index (κ1) is 19.0. The van der Waals surface area contributed by atoms with Crippen LogP contribution in [0.15, 0.2) is 42.6 Å². The number of methoxy groups -OCH3 is 1. The van der Waals surface area contributed by atoms with E-state index < -0.39 is 5.97 Å². The van der Waals surface area contributed by atoms with Crippen molar-refractivity contribution in [3.05, 3.63) is 48.2 Å². The van der Waals surface area contributed by atoms with Crippen molar-refractivity contribution in [2.75, 3.05) is 20.7 Å². The monoisotopic (exact) mass is 359 g/mol. The molecule has 0 saturated heterocycles. The third-order valence-electron chi connectivity index (χ3n) is 3.51. The Hall–Kier alpha value is -3.29. The number of pyridine rings is 1. The molecule has 1 heterocycles. The number of carboxylic acid groups (broad SMARTS) is 1. The van der Waals surface area contributed by atoms with Crippen LogP contribution >= 0.6 is 0 Å². The number of carbonyl (C=O) groups is 2. The Morgan fingerprint density at radius 1 is 1.23 bits per heavy atom. The number of aliphatic carboxylic acids is 1. The van der Waals surface area contributed by atoms with Crippen LogP contribution in [0.1, 0.15) is 12.0 Å². The first-order chi connectivity index (χ1) is 12.5. The molecule has 0 radical (unpaired) electrons. The normalized spacial score (nSPS) is 10.1. The third-order valence-corrected chi connectivity index (χ3v) is 3.51. The number of ether oxygens (including phenoxy) is 2. The number of urea groups is 1. The van der Waals surface area contributed by atoms with E-state index in [2.05, 4.69) is 10.3 Å². The van der Waals surface area contributed by atoms with E-state index in [1.54, 1.807) is 44.6 Å². The summed E-state index contributed by atoms with van der Waals surface area (Å²) in [4.78, 5) is 27.9. The topological polar surface area (TPSA) is 101 Å². The van der Waals surface area contributed by atoms with Gasteiger partial charge in [0, 0.05) is 38.5 Å². The van der Waals surface area contributed by atoms with Crippen LogP contribution in [-0.4, -0.2) is 47.7 Å². The lowest BCUT2D eigenvalue weighted by molar-refractivity contribution is -0.137. The van der Waals surface area contributed by atoms with Crippen molar-refractivity contribution in [3.8, 4) is 17.4 Å². The van der Waals surface area contributed by atoms with Crippen LogP contribution in [0.3, 0.4) is 0 Å². The highest BCUT2D eigenvalue weighted by Crippen LogP contribution is 2.23. The molecule has 1 aromatic heterocycles. The second-order valence-corrected chi connectivity index (χ2v) is 5.51. The minimum Gasteiger partial charge on any atom is -0.497 e. The molecule has 0 atom stereocenters. The predicted molar refractivity (Wildman–Crippen MR) is 94.4 cm³/mol. The molecule has 0 spiro atoms.